The number of urea groups is 1. The van der Waals surface area contributed by atoms with Gasteiger partial charge in [0.25, 0.3) is 5.92 Å². The Balaban J connectivity index is 2.94. The molecule has 18 heavy (non-hydrogen) atoms. The second kappa shape index (κ2) is 5.35. The summed E-state index contributed by atoms with van der Waals surface area (Å²) in [6.07, 6.45) is -2.35. The molecule has 0 aromatic carbocycles. The molecule has 1 unspecified atom stereocenters. The summed E-state index contributed by atoms with van der Waals surface area (Å²) in [5.74, 6) is -3.26. The smallest absolute Gasteiger partial charge is 0.316 e. The van der Waals surface area contributed by atoms with E-state index in [0.717, 1.165) is 4.90 Å². The number of carbonyl (C=O) groups excluding carboxylic acids is 1. The Bertz CT molecular complexity index is 413. The number of hydrogen-bond acceptors (Lipinski definition) is 3. The first-order valence-electron chi connectivity index (χ1n) is 5.61. The van der Waals surface area contributed by atoms with Crippen molar-refractivity contribution in [3.63, 3.8) is 0 Å². The number of amides is 2. The molecular formula is C9H17F2N3O3S. The molecule has 1 fully saturated rings. The molecule has 1 saturated heterocycles. The number of alkyl halides is 2. The molecule has 0 aromatic rings. The summed E-state index contributed by atoms with van der Waals surface area (Å²) in [6, 6.07) is -0.906. The zero-order valence-electron chi connectivity index (χ0n) is 10.0. The fraction of sp³-hybridized carbons (Fsp3) is 0.889. The minimum absolute atomic E-state index is 0.0157. The van der Waals surface area contributed by atoms with E-state index in [1.807, 2.05) is 0 Å². The number of rotatable bonds is 3. The van der Waals surface area contributed by atoms with Gasteiger partial charge in [0.05, 0.1) is 5.75 Å². The van der Waals surface area contributed by atoms with Crippen LogP contribution < -0.4 is 10.5 Å². The molecule has 106 valence electrons. The van der Waals surface area contributed by atoms with Crippen molar-refractivity contribution < 1.29 is 22.0 Å². The van der Waals surface area contributed by atoms with Crippen molar-refractivity contribution in [2.45, 2.75) is 38.3 Å². The molecule has 0 radical (unpaired) electrons. The van der Waals surface area contributed by atoms with Crippen molar-refractivity contribution >= 4 is 16.1 Å². The lowest BCUT2D eigenvalue weighted by Crippen LogP contribution is -2.53. The van der Waals surface area contributed by atoms with Gasteiger partial charge < -0.3 is 10.6 Å². The van der Waals surface area contributed by atoms with E-state index in [-0.39, 0.29) is 25.1 Å². The summed E-state index contributed by atoms with van der Waals surface area (Å²) in [4.78, 5) is 12.1. The summed E-state index contributed by atoms with van der Waals surface area (Å²) in [5.41, 5.74) is 5.08. The first-order valence-corrected chi connectivity index (χ1v) is 7.26. The van der Waals surface area contributed by atoms with Crippen molar-refractivity contribution in [3.8, 4) is 0 Å². The van der Waals surface area contributed by atoms with Crippen LogP contribution in [0.1, 0.15) is 26.2 Å². The van der Waals surface area contributed by atoms with Gasteiger partial charge in [0.15, 0.2) is 0 Å². The molecule has 0 aliphatic carbocycles. The number of nitrogens with one attached hydrogen (secondary N) is 1. The van der Waals surface area contributed by atoms with Crippen LogP contribution in [0.3, 0.4) is 0 Å². The lowest BCUT2D eigenvalue weighted by Gasteiger charge is -2.29. The van der Waals surface area contributed by atoms with E-state index in [0.29, 0.717) is 0 Å². The van der Waals surface area contributed by atoms with Crippen molar-refractivity contribution in [2.75, 3.05) is 12.3 Å². The number of primary amides is 1. The van der Waals surface area contributed by atoms with E-state index < -0.39 is 34.6 Å². The van der Waals surface area contributed by atoms with Crippen LogP contribution in [0.4, 0.5) is 13.6 Å². The minimum atomic E-state index is -3.68. The third-order valence-corrected chi connectivity index (χ3v) is 4.18. The lowest BCUT2D eigenvalue weighted by molar-refractivity contribution is -0.0236. The Morgan fingerprint density at radius 1 is 1.56 bits per heavy atom. The van der Waals surface area contributed by atoms with E-state index in [1.165, 1.54) is 6.92 Å². The molecule has 9 heteroatoms. The van der Waals surface area contributed by atoms with Crippen molar-refractivity contribution in [1.82, 2.24) is 9.62 Å². The third kappa shape index (κ3) is 4.05. The van der Waals surface area contributed by atoms with E-state index in [2.05, 4.69) is 4.72 Å². The number of nitrogens with two attached hydrogens (primary N) is 1. The maximum absolute atomic E-state index is 13.4. The molecular weight excluding hydrogens is 268 g/mol. The van der Waals surface area contributed by atoms with Gasteiger partial charge in [0.1, 0.15) is 6.17 Å². The molecule has 2 amide bonds. The largest absolute Gasteiger partial charge is 0.351 e. The third-order valence-electron chi connectivity index (χ3n) is 2.79. The Labute approximate surface area is 105 Å². The Morgan fingerprint density at radius 2 is 2.17 bits per heavy atom. The molecule has 1 heterocycles. The van der Waals surface area contributed by atoms with Gasteiger partial charge in [-0.25, -0.2) is 22.0 Å². The highest BCUT2D eigenvalue weighted by atomic mass is 32.2. The van der Waals surface area contributed by atoms with Gasteiger partial charge in [-0.2, -0.15) is 4.72 Å². The molecule has 0 bridgehead atoms. The highest BCUT2D eigenvalue weighted by Gasteiger charge is 2.40. The fourth-order valence-corrected chi connectivity index (χ4v) is 2.61. The first-order chi connectivity index (χ1) is 8.17. The molecule has 0 saturated carbocycles. The van der Waals surface area contributed by atoms with Gasteiger partial charge in [-0.05, 0) is 13.3 Å². The number of hydrogen-bond donors (Lipinski definition) is 2. The Morgan fingerprint density at radius 3 is 2.67 bits per heavy atom. The second-order valence-corrected chi connectivity index (χ2v) is 6.27. The van der Waals surface area contributed by atoms with E-state index in [9.17, 15) is 22.0 Å². The molecule has 1 aliphatic heterocycles. The quantitative estimate of drug-likeness (QED) is 0.788. The van der Waals surface area contributed by atoms with Crippen LogP contribution in [0.15, 0.2) is 0 Å². The zero-order valence-corrected chi connectivity index (χ0v) is 10.8. The van der Waals surface area contributed by atoms with E-state index >= 15 is 0 Å². The van der Waals surface area contributed by atoms with Crippen LogP contribution in [0.2, 0.25) is 0 Å². The minimum Gasteiger partial charge on any atom is -0.351 e. The molecule has 3 N–H and O–H groups in total. The van der Waals surface area contributed by atoms with Gasteiger partial charge in [0.2, 0.25) is 10.0 Å². The number of sulfonamides is 1. The normalized spacial score (nSPS) is 24.6. The Hall–Kier alpha value is -0.960. The van der Waals surface area contributed by atoms with Crippen LogP contribution in [-0.4, -0.2) is 43.7 Å². The zero-order chi connectivity index (χ0) is 14.0. The maximum atomic E-state index is 13.4. The highest BCUT2D eigenvalue weighted by molar-refractivity contribution is 7.89. The predicted molar refractivity (Wildman–Crippen MR) is 61.5 cm³/mol. The summed E-state index contributed by atoms with van der Waals surface area (Å²) in [7, 11) is -3.68. The molecule has 1 aliphatic rings. The number of halogens is 2. The van der Waals surface area contributed by atoms with Crippen LogP contribution >= 0.6 is 0 Å². The monoisotopic (exact) mass is 285 g/mol. The fourth-order valence-electron chi connectivity index (χ4n) is 1.82. The van der Waals surface area contributed by atoms with Gasteiger partial charge >= 0.3 is 6.03 Å². The van der Waals surface area contributed by atoms with Gasteiger partial charge in [-0.1, -0.05) is 0 Å². The number of carbonyl (C=O) groups is 1. The number of nitrogens with zero attached hydrogens (tertiary/aromatic N) is 1. The Kier molecular flexibility index (Phi) is 4.49. The molecule has 0 spiro atoms. The predicted octanol–water partition coefficient (Wildman–Crippen LogP) is 0.452. The molecule has 1 atom stereocenters. The molecule has 0 aromatic heterocycles. The molecule has 6 nitrogen and oxygen atoms in total. The lowest BCUT2D eigenvalue weighted by atomic mass is 10.1. The topological polar surface area (TPSA) is 92.5 Å². The van der Waals surface area contributed by atoms with Gasteiger partial charge in [-0.3, -0.25) is 0 Å². The summed E-state index contributed by atoms with van der Waals surface area (Å²) >= 11 is 0. The first kappa shape index (κ1) is 15.1. The summed E-state index contributed by atoms with van der Waals surface area (Å²) in [5, 5.41) is 0. The van der Waals surface area contributed by atoms with Crippen LogP contribution in [0.25, 0.3) is 0 Å². The van der Waals surface area contributed by atoms with Gasteiger partial charge in [0, 0.05) is 19.4 Å². The standard InChI is InChI=1S/C9H17F2N3O3S/c1-2-18(16,17)13-7-6-9(10,11)4-3-5-14(7)8(12)15/h7,13H,2-6H2,1H3,(H2,12,15). The molecule has 1 rings (SSSR count). The summed E-state index contributed by atoms with van der Waals surface area (Å²) < 4.78 is 51.8. The highest BCUT2D eigenvalue weighted by Crippen LogP contribution is 2.30. The maximum Gasteiger partial charge on any atom is 0.316 e. The van der Waals surface area contributed by atoms with Crippen molar-refractivity contribution in [3.05, 3.63) is 0 Å². The van der Waals surface area contributed by atoms with Crippen LogP contribution in [0.5, 0.6) is 0 Å². The van der Waals surface area contributed by atoms with Crippen LogP contribution in [0, 0.1) is 0 Å². The van der Waals surface area contributed by atoms with Crippen LogP contribution in [-0.2, 0) is 10.0 Å². The average molecular weight is 285 g/mol. The van der Waals surface area contributed by atoms with E-state index in [4.69, 9.17) is 5.73 Å². The second-order valence-electron chi connectivity index (χ2n) is 4.23. The summed E-state index contributed by atoms with van der Waals surface area (Å²) in [6.45, 7) is 1.40. The van der Waals surface area contributed by atoms with Crippen molar-refractivity contribution in [2.24, 2.45) is 5.73 Å². The van der Waals surface area contributed by atoms with E-state index in [1.54, 1.807) is 0 Å². The number of likely N-dealkylation sites (tertiary alicyclic amines) is 1. The van der Waals surface area contributed by atoms with Crippen molar-refractivity contribution in [1.29, 1.82) is 0 Å². The average Bonchev–Trinajstić information content (AvgIpc) is 2.35. The SMILES string of the molecule is CCS(=O)(=O)NC1CC(F)(F)CCCN1C(N)=O. The van der Waals surface area contributed by atoms with Gasteiger partial charge in [-0.15, -0.1) is 0 Å².